The Hall–Kier alpha value is -1.73. The van der Waals surface area contributed by atoms with Crippen molar-refractivity contribution in [2.45, 2.75) is 44.6 Å². The van der Waals surface area contributed by atoms with Crippen LogP contribution in [0.2, 0.25) is 0 Å². The van der Waals surface area contributed by atoms with Crippen LogP contribution in [-0.2, 0) is 19.6 Å². The Kier molecular flexibility index (Phi) is 3.80. The highest BCUT2D eigenvalue weighted by Gasteiger charge is 2.45. The van der Waals surface area contributed by atoms with E-state index in [9.17, 15) is 18.0 Å². The van der Waals surface area contributed by atoms with Crippen molar-refractivity contribution in [1.82, 2.24) is 9.21 Å². The predicted octanol–water partition coefficient (Wildman–Crippen LogP) is 1.13. The molecule has 0 spiro atoms. The van der Waals surface area contributed by atoms with Crippen LogP contribution < -0.4 is 0 Å². The Bertz CT molecular complexity index is 755. The first-order valence-corrected chi connectivity index (χ1v) is 9.08. The SMILES string of the molecule is Cc1cc(C)c(S(=O)(=O)N2CC(N3C(=O)CCC3=O)C2)c(C)c1. The Morgan fingerprint density at radius 3 is 1.91 bits per heavy atom. The van der Waals surface area contributed by atoms with E-state index >= 15 is 0 Å². The minimum atomic E-state index is -3.59. The van der Waals surface area contributed by atoms with Crippen molar-refractivity contribution in [3.8, 4) is 0 Å². The van der Waals surface area contributed by atoms with E-state index < -0.39 is 10.0 Å². The number of sulfonamides is 1. The first-order chi connectivity index (χ1) is 10.7. The molecule has 23 heavy (non-hydrogen) atoms. The molecule has 0 N–H and O–H groups in total. The third kappa shape index (κ3) is 2.57. The molecule has 0 bridgehead atoms. The van der Waals surface area contributed by atoms with Gasteiger partial charge in [-0.3, -0.25) is 14.5 Å². The van der Waals surface area contributed by atoms with E-state index in [1.54, 1.807) is 13.8 Å². The van der Waals surface area contributed by atoms with Crippen molar-refractivity contribution < 1.29 is 18.0 Å². The van der Waals surface area contributed by atoms with E-state index in [1.807, 2.05) is 19.1 Å². The van der Waals surface area contributed by atoms with Gasteiger partial charge in [0.2, 0.25) is 21.8 Å². The number of likely N-dealkylation sites (tertiary alicyclic amines) is 1. The number of benzene rings is 1. The molecule has 6 nitrogen and oxygen atoms in total. The number of amides is 2. The van der Waals surface area contributed by atoms with Crippen molar-refractivity contribution in [3.63, 3.8) is 0 Å². The largest absolute Gasteiger partial charge is 0.277 e. The molecule has 0 aromatic heterocycles. The van der Waals surface area contributed by atoms with E-state index in [4.69, 9.17) is 0 Å². The summed E-state index contributed by atoms with van der Waals surface area (Å²) in [6.07, 6.45) is 0.469. The van der Waals surface area contributed by atoms with Gasteiger partial charge in [0, 0.05) is 25.9 Å². The van der Waals surface area contributed by atoms with Gasteiger partial charge in [0.05, 0.1) is 10.9 Å². The molecular formula is C16H20N2O4S. The molecule has 3 rings (SSSR count). The highest BCUT2D eigenvalue weighted by Crippen LogP contribution is 2.31. The lowest BCUT2D eigenvalue weighted by Crippen LogP contribution is -2.62. The van der Waals surface area contributed by atoms with Gasteiger partial charge in [0.1, 0.15) is 0 Å². The number of nitrogens with zero attached hydrogens (tertiary/aromatic N) is 2. The summed E-state index contributed by atoms with van der Waals surface area (Å²) in [6, 6.07) is 3.38. The summed E-state index contributed by atoms with van der Waals surface area (Å²) in [5.74, 6) is -0.389. The molecule has 0 atom stereocenters. The zero-order valence-electron chi connectivity index (χ0n) is 13.5. The van der Waals surface area contributed by atoms with E-state index in [-0.39, 0.29) is 43.8 Å². The molecule has 1 aromatic carbocycles. The number of carbonyl (C=O) groups excluding carboxylic acids is 2. The van der Waals surface area contributed by atoms with Gasteiger partial charge in [-0.25, -0.2) is 8.42 Å². The molecule has 2 amide bonds. The summed E-state index contributed by atoms with van der Waals surface area (Å²) in [5.41, 5.74) is 2.47. The topological polar surface area (TPSA) is 74.8 Å². The summed E-state index contributed by atoms with van der Waals surface area (Å²) in [7, 11) is -3.59. The van der Waals surface area contributed by atoms with E-state index in [0.29, 0.717) is 4.90 Å². The van der Waals surface area contributed by atoms with E-state index in [1.165, 1.54) is 9.21 Å². The average molecular weight is 336 g/mol. The first-order valence-electron chi connectivity index (χ1n) is 7.64. The maximum atomic E-state index is 12.8. The average Bonchev–Trinajstić information content (AvgIpc) is 2.67. The summed E-state index contributed by atoms with van der Waals surface area (Å²) >= 11 is 0. The lowest BCUT2D eigenvalue weighted by molar-refractivity contribution is -0.143. The van der Waals surface area contributed by atoms with Crippen LogP contribution in [0, 0.1) is 20.8 Å². The quantitative estimate of drug-likeness (QED) is 0.776. The first kappa shape index (κ1) is 16.1. The number of rotatable bonds is 3. The Morgan fingerprint density at radius 2 is 1.43 bits per heavy atom. The van der Waals surface area contributed by atoms with Gasteiger partial charge >= 0.3 is 0 Å². The van der Waals surface area contributed by atoms with Crippen molar-refractivity contribution >= 4 is 21.8 Å². The molecule has 1 aromatic rings. The van der Waals surface area contributed by atoms with Crippen LogP contribution in [-0.4, -0.2) is 48.6 Å². The minimum absolute atomic E-state index is 0.187. The van der Waals surface area contributed by atoms with Crippen LogP contribution in [0.5, 0.6) is 0 Å². The maximum absolute atomic E-state index is 12.8. The normalized spacial score (nSPS) is 20.2. The molecular weight excluding hydrogens is 316 g/mol. The Labute approximate surface area is 136 Å². The van der Waals surface area contributed by atoms with Crippen LogP contribution in [0.15, 0.2) is 17.0 Å². The molecule has 2 fully saturated rings. The van der Waals surface area contributed by atoms with Gasteiger partial charge in [0.25, 0.3) is 0 Å². The fourth-order valence-electron chi connectivity index (χ4n) is 3.48. The van der Waals surface area contributed by atoms with Crippen LogP contribution in [0.3, 0.4) is 0 Å². The van der Waals surface area contributed by atoms with Crippen LogP contribution >= 0.6 is 0 Å². The van der Waals surface area contributed by atoms with Gasteiger partial charge < -0.3 is 0 Å². The molecule has 0 aliphatic carbocycles. The molecule has 0 unspecified atom stereocenters. The van der Waals surface area contributed by atoms with Gasteiger partial charge in [-0.2, -0.15) is 4.31 Å². The second-order valence-electron chi connectivity index (χ2n) is 6.36. The third-order valence-electron chi connectivity index (χ3n) is 4.49. The highest BCUT2D eigenvalue weighted by atomic mass is 32.2. The fraction of sp³-hybridized carbons (Fsp3) is 0.500. The highest BCUT2D eigenvalue weighted by molar-refractivity contribution is 7.89. The molecule has 0 saturated carbocycles. The summed E-state index contributed by atoms with van der Waals surface area (Å²) in [6.45, 7) is 5.88. The molecule has 124 valence electrons. The maximum Gasteiger partial charge on any atom is 0.243 e. The number of imide groups is 1. The number of carbonyl (C=O) groups is 2. The Morgan fingerprint density at radius 1 is 0.957 bits per heavy atom. The zero-order chi connectivity index (χ0) is 16.9. The van der Waals surface area contributed by atoms with Crippen molar-refractivity contribution in [2.24, 2.45) is 0 Å². The molecule has 7 heteroatoms. The number of aryl methyl sites for hydroxylation is 3. The van der Waals surface area contributed by atoms with Gasteiger partial charge in [-0.05, 0) is 31.9 Å². The number of hydrogen-bond acceptors (Lipinski definition) is 4. The second-order valence-corrected chi connectivity index (χ2v) is 8.24. The predicted molar refractivity (Wildman–Crippen MR) is 84.3 cm³/mol. The van der Waals surface area contributed by atoms with Gasteiger partial charge in [0.15, 0.2) is 0 Å². The summed E-state index contributed by atoms with van der Waals surface area (Å²) in [4.78, 5) is 25.0. The molecule has 2 heterocycles. The standard InChI is InChI=1S/C16H20N2O4S/c1-10-6-11(2)16(12(3)7-10)23(21,22)17-8-13(9-17)18-14(19)4-5-15(18)20/h6-7,13H,4-5,8-9H2,1-3H3. The Balaban J connectivity index is 1.82. The zero-order valence-corrected chi connectivity index (χ0v) is 14.3. The van der Waals surface area contributed by atoms with Crippen LogP contribution in [0.4, 0.5) is 0 Å². The summed E-state index contributed by atoms with van der Waals surface area (Å²) < 4.78 is 27.0. The summed E-state index contributed by atoms with van der Waals surface area (Å²) in [5, 5.41) is 0. The van der Waals surface area contributed by atoms with Crippen LogP contribution in [0.25, 0.3) is 0 Å². The van der Waals surface area contributed by atoms with Crippen molar-refractivity contribution in [2.75, 3.05) is 13.1 Å². The van der Waals surface area contributed by atoms with E-state index in [0.717, 1.165) is 16.7 Å². The number of hydrogen-bond donors (Lipinski definition) is 0. The smallest absolute Gasteiger partial charge is 0.243 e. The van der Waals surface area contributed by atoms with E-state index in [2.05, 4.69) is 0 Å². The van der Waals surface area contributed by atoms with Crippen LogP contribution in [0.1, 0.15) is 29.5 Å². The molecule has 2 aliphatic rings. The lowest BCUT2D eigenvalue weighted by Gasteiger charge is -2.42. The molecule has 0 radical (unpaired) electrons. The second kappa shape index (κ2) is 5.42. The lowest BCUT2D eigenvalue weighted by atomic mass is 10.1. The third-order valence-corrected chi connectivity index (χ3v) is 6.62. The fourth-order valence-corrected chi connectivity index (χ4v) is 5.41. The molecule has 2 aliphatic heterocycles. The van der Waals surface area contributed by atoms with Gasteiger partial charge in [-0.15, -0.1) is 0 Å². The van der Waals surface area contributed by atoms with Crippen molar-refractivity contribution in [1.29, 1.82) is 0 Å². The van der Waals surface area contributed by atoms with Crippen molar-refractivity contribution in [3.05, 3.63) is 28.8 Å². The molecule has 2 saturated heterocycles. The monoisotopic (exact) mass is 336 g/mol. The minimum Gasteiger partial charge on any atom is -0.277 e. The van der Waals surface area contributed by atoms with Gasteiger partial charge in [-0.1, -0.05) is 17.7 Å².